The Balaban J connectivity index is 1.71. The van der Waals surface area contributed by atoms with E-state index < -0.39 is 0 Å². The smallest absolute Gasteiger partial charge is 0.269 e. The summed E-state index contributed by atoms with van der Waals surface area (Å²) in [5.74, 6) is 1.41. The fraction of sp³-hybridized carbons (Fsp3) is 0.412. The van der Waals surface area contributed by atoms with Crippen LogP contribution < -0.4 is 14.8 Å². The van der Waals surface area contributed by atoms with Crippen LogP contribution in [-0.2, 0) is 12.5 Å². The predicted molar refractivity (Wildman–Crippen MR) is 86.0 cm³/mol. The second-order valence-corrected chi connectivity index (χ2v) is 6.27. The Kier molecular flexibility index (Phi) is 3.98. The Morgan fingerprint density at radius 2 is 2.00 bits per heavy atom. The number of carbonyl (C=O) groups is 1. The molecule has 122 valence electrons. The van der Waals surface area contributed by atoms with Crippen molar-refractivity contribution < 1.29 is 14.3 Å². The van der Waals surface area contributed by atoms with Gasteiger partial charge in [0.25, 0.3) is 5.91 Å². The third-order valence-corrected chi connectivity index (χ3v) is 4.07. The lowest BCUT2D eigenvalue weighted by Gasteiger charge is -2.27. The molecule has 1 aliphatic heterocycles. The lowest BCUT2D eigenvalue weighted by molar-refractivity contribution is 0.0936. The van der Waals surface area contributed by atoms with Crippen LogP contribution in [0.25, 0.3) is 0 Å². The van der Waals surface area contributed by atoms with Crippen molar-refractivity contribution in [3.05, 3.63) is 41.7 Å². The molecule has 6 heteroatoms. The highest BCUT2D eigenvalue weighted by atomic mass is 16.6. The zero-order chi connectivity index (χ0) is 16.4. The molecular formula is C17H21N3O3. The number of hydrogen-bond acceptors (Lipinski definition) is 4. The van der Waals surface area contributed by atoms with Gasteiger partial charge in [-0.3, -0.25) is 9.48 Å². The first-order valence-corrected chi connectivity index (χ1v) is 7.64. The standard InChI is InChI=1S/C17H21N3O3/c1-17(2,11-18-16(21)13-6-7-19-20(13)3)12-4-5-14-15(10-12)23-9-8-22-14/h4-7,10H,8-9,11H2,1-3H3,(H,18,21). The molecule has 2 heterocycles. The summed E-state index contributed by atoms with van der Waals surface area (Å²) in [6, 6.07) is 7.63. The van der Waals surface area contributed by atoms with E-state index in [1.165, 1.54) is 0 Å². The third-order valence-electron chi connectivity index (χ3n) is 4.07. The van der Waals surface area contributed by atoms with Crippen molar-refractivity contribution in [1.82, 2.24) is 15.1 Å². The van der Waals surface area contributed by atoms with Crippen molar-refractivity contribution in [2.75, 3.05) is 19.8 Å². The summed E-state index contributed by atoms with van der Waals surface area (Å²) in [5.41, 5.74) is 1.40. The molecule has 1 aliphatic rings. The maximum atomic E-state index is 12.2. The normalized spacial score (nSPS) is 13.7. The molecule has 0 atom stereocenters. The summed E-state index contributed by atoms with van der Waals surface area (Å²) in [5, 5.41) is 6.99. The molecule has 23 heavy (non-hydrogen) atoms. The molecule has 0 bridgehead atoms. The molecule has 0 saturated heterocycles. The first kappa shape index (κ1) is 15.4. The van der Waals surface area contributed by atoms with Gasteiger partial charge in [0, 0.05) is 25.2 Å². The highest BCUT2D eigenvalue weighted by Gasteiger charge is 2.24. The van der Waals surface area contributed by atoms with Crippen LogP contribution >= 0.6 is 0 Å². The number of fused-ring (bicyclic) bond motifs is 1. The van der Waals surface area contributed by atoms with Gasteiger partial charge >= 0.3 is 0 Å². The Morgan fingerprint density at radius 3 is 2.70 bits per heavy atom. The highest BCUT2D eigenvalue weighted by molar-refractivity contribution is 5.92. The zero-order valence-electron chi connectivity index (χ0n) is 13.6. The Morgan fingerprint density at radius 1 is 1.26 bits per heavy atom. The van der Waals surface area contributed by atoms with E-state index in [1.807, 2.05) is 18.2 Å². The van der Waals surface area contributed by atoms with Crippen molar-refractivity contribution in [1.29, 1.82) is 0 Å². The number of rotatable bonds is 4. The third kappa shape index (κ3) is 3.16. The maximum Gasteiger partial charge on any atom is 0.269 e. The van der Waals surface area contributed by atoms with E-state index in [0.717, 1.165) is 17.1 Å². The average Bonchev–Trinajstić information content (AvgIpc) is 2.98. The predicted octanol–water partition coefficient (Wildman–Crippen LogP) is 1.90. The monoisotopic (exact) mass is 315 g/mol. The van der Waals surface area contributed by atoms with Gasteiger partial charge in [0.15, 0.2) is 11.5 Å². The molecular weight excluding hydrogens is 294 g/mol. The van der Waals surface area contributed by atoms with Crippen molar-refractivity contribution in [3.63, 3.8) is 0 Å². The number of ether oxygens (including phenoxy) is 2. The number of hydrogen-bond donors (Lipinski definition) is 1. The Labute approximate surface area is 135 Å². The molecule has 0 radical (unpaired) electrons. The SMILES string of the molecule is Cn1nccc1C(=O)NCC(C)(C)c1ccc2c(c1)OCCO2. The summed E-state index contributed by atoms with van der Waals surface area (Å²) in [6.07, 6.45) is 1.61. The summed E-state index contributed by atoms with van der Waals surface area (Å²) in [6.45, 7) is 5.82. The first-order chi connectivity index (χ1) is 11.0. The van der Waals surface area contributed by atoms with E-state index in [2.05, 4.69) is 24.3 Å². The molecule has 0 aliphatic carbocycles. The van der Waals surface area contributed by atoms with Crippen molar-refractivity contribution in [2.45, 2.75) is 19.3 Å². The van der Waals surface area contributed by atoms with Gasteiger partial charge in [0.1, 0.15) is 18.9 Å². The Hall–Kier alpha value is -2.50. The topological polar surface area (TPSA) is 65.4 Å². The van der Waals surface area contributed by atoms with E-state index in [-0.39, 0.29) is 11.3 Å². The zero-order valence-corrected chi connectivity index (χ0v) is 13.6. The van der Waals surface area contributed by atoms with Crippen LogP contribution in [-0.4, -0.2) is 35.4 Å². The fourth-order valence-electron chi connectivity index (χ4n) is 2.55. The van der Waals surface area contributed by atoms with Crippen LogP contribution in [0.3, 0.4) is 0 Å². The molecule has 0 spiro atoms. The van der Waals surface area contributed by atoms with Crippen molar-refractivity contribution >= 4 is 5.91 Å². The maximum absolute atomic E-state index is 12.2. The molecule has 1 aromatic carbocycles. The van der Waals surface area contributed by atoms with Gasteiger partial charge in [0.05, 0.1) is 0 Å². The second-order valence-electron chi connectivity index (χ2n) is 6.27. The number of aromatic nitrogens is 2. The molecule has 3 rings (SSSR count). The van der Waals surface area contributed by atoms with Gasteiger partial charge < -0.3 is 14.8 Å². The molecule has 0 fully saturated rings. The lowest BCUT2D eigenvalue weighted by atomic mass is 9.84. The van der Waals surface area contributed by atoms with Crippen LogP contribution in [0.15, 0.2) is 30.5 Å². The molecule has 1 N–H and O–H groups in total. The summed E-state index contributed by atoms with van der Waals surface area (Å²) in [4.78, 5) is 12.2. The van der Waals surface area contributed by atoms with E-state index in [9.17, 15) is 4.79 Å². The number of aryl methyl sites for hydroxylation is 1. The van der Waals surface area contributed by atoms with Gasteiger partial charge in [-0.15, -0.1) is 0 Å². The van der Waals surface area contributed by atoms with E-state index in [0.29, 0.717) is 25.5 Å². The minimum atomic E-state index is -0.232. The molecule has 0 unspecified atom stereocenters. The van der Waals surface area contributed by atoms with Gasteiger partial charge in [-0.05, 0) is 23.8 Å². The number of nitrogens with one attached hydrogen (secondary N) is 1. The van der Waals surface area contributed by atoms with E-state index in [4.69, 9.17) is 9.47 Å². The molecule has 2 aromatic rings. The molecule has 1 amide bonds. The van der Waals surface area contributed by atoms with Gasteiger partial charge in [0.2, 0.25) is 0 Å². The summed E-state index contributed by atoms with van der Waals surface area (Å²) >= 11 is 0. The van der Waals surface area contributed by atoms with Crippen LogP contribution in [0.5, 0.6) is 11.5 Å². The van der Waals surface area contributed by atoms with Gasteiger partial charge in [-0.2, -0.15) is 5.10 Å². The summed E-state index contributed by atoms with van der Waals surface area (Å²) in [7, 11) is 1.75. The van der Waals surface area contributed by atoms with Crippen LogP contribution in [0.2, 0.25) is 0 Å². The highest BCUT2D eigenvalue weighted by Crippen LogP contribution is 2.34. The minimum absolute atomic E-state index is 0.129. The van der Waals surface area contributed by atoms with E-state index >= 15 is 0 Å². The average molecular weight is 315 g/mol. The molecule has 6 nitrogen and oxygen atoms in total. The number of carbonyl (C=O) groups excluding carboxylic acids is 1. The largest absolute Gasteiger partial charge is 0.486 e. The molecule has 0 saturated carbocycles. The van der Waals surface area contributed by atoms with Crippen molar-refractivity contribution in [3.8, 4) is 11.5 Å². The second kappa shape index (κ2) is 5.95. The van der Waals surface area contributed by atoms with Crippen LogP contribution in [0, 0.1) is 0 Å². The summed E-state index contributed by atoms with van der Waals surface area (Å²) < 4.78 is 12.7. The quantitative estimate of drug-likeness (QED) is 0.936. The molecule has 1 aromatic heterocycles. The number of amides is 1. The van der Waals surface area contributed by atoms with Gasteiger partial charge in [-0.25, -0.2) is 0 Å². The minimum Gasteiger partial charge on any atom is -0.486 e. The van der Waals surface area contributed by atoms with E-state index in [1.54, 1.807) is 24.0 Å². The van der Waals surface area contributed by atoms with Gasteiger partial charge in [-0.1, -0.05) is 19.9 Å². The van der Waals surface area contributed by atoms with Crippen LogP contribution in [0.1, 0.15) is 29.9 Å². The first-order valence-electron chi connectivity index (χ1n) is 7.64. The Bertz CT molecular complexity index is 722. The lowest BCUT2D eigenvalue weighted by Crippen LogP contribution is -2.37. The fourth-order valence-corrected chi connectivity index (χ4v) is 2.55. The number of benzene rings is 1. The number of nitrogens with zero attached hydrogens (tertiary/aromatic N) is 2. The van der Waals surface area contributed by atoms with Crippen LogP contribution in [0.4, 0.5) is 0 Å². The van der Waals surface area contributed by atoms with Crippen molar-refractivity contribution in [2.24, 2.45) is 7.05 Å².